The van der Waals surface area contributed by atoms with Gasteiger partial charge in [-0.25, -0.2) is 4.39 Å². The lowest BCUT2D eigenvalue weighted by atomic mass is 9.98. The molecule has 0 aliphatic rings. The summed E-state index contributed by atoms with van der Waals surface area (Å²) in [6.07, 6.45) is 0.761. The summed E-state index contributed by atoms with van der Waals surface area (Å²) in [5.74, 6) is -1.05. The molecule has 1 unspecified atom stereocenters. The van der Waals surface area contributed by atoms with Gasteiger partial charge in [0.05, 0.1) is 0 Å². The van der Waals surface area contributed by atoms with E-state index < -0.39 is 5.97 Å². The molecule has 0 saturated heterocycles. The number of rotatable bonds is 4. The largest absolute Gasteiger partial charge is 0.481 e. The van der Waals surface area contributed by atoms with Crippen molar-refractivity contribution in [2.24, 2.45) is 5.92 Å². The zero-order valence-corrected chi connectivity index (χ0v) is 9.92. The molecule has 0 aliphatic carbocycles. The third-order valence-electron chi connectivity index (χ3n) is 2.11. The average Bonchev–Trinajstić information content (AvgIpc) is 2.08. The minimum Gasteiger partial charge on any atom is -0.481 e. The number of carboxylic acid groups (broad SMARTS) is 1. The minimum atomic E-state index is -0.805. The molecule has 0 fully saturated rings. The van der Waals surface area contributed by atoms with Gasteiger partial charge in [0.2, 0.25) is 0 Å². The fourth-order valence-electron chi connectivity index (χ4n) is 1.43. The second kappa shape index (κ2) is 5.26. The lowest BCUT2D eigenvalue weighted by molar-refractivity contribution is -0.137. The Kier molecular flexibility index (Phi) is 4.27. The van der Waals surface area contributed by atoms with E-state index in [9.17, 15) is 9.18 Å². The second-order valence-corrected chi connectivity index (χ2v) is 4.50. The summed E-state index contributed by atoms with van der Waals surface area (Å²) in [6.45, 7) is 1.86. The molecule has 1 N–H and O–H groups in total. The summed E-state index contributed by atoms with van der Waals surface area (Å²) in [4.78, 5) is 10.5. The van der Waals surface area contributed by atoms with Crippen LogP contribution in [0.1, 0.15) is 18.9 Å². The third-order valence-corrected chi connectivity index (χ3v) is 2.84. The predicted molar refractivity (Wildman–Crippen MR) is 59.2 cm³/mol. The van der Waals surface area contributed by atoms with Gasteiger partial charge >= 0.3 is 5.97 Å². The minimum absolute atomic E-state index is 0.0456. The Hall–Kier alpha value is -0.900. The van der Waals surface area contributed by atoms with Crippen LogP contribution in [0.3, 0.4) is 0 Å². The van der Waals surface area contributed by atoms with Crippen molar-refractivity contribution in [2.45, 2.75) is 19.8 Å². The summed E-state index contributed by atoms with van der Waals surface area (Å²) in [6, 6.07) is 4.45. The molecule has 0 saturated carbocycles. The quantitative estimate of drug-likeness (QED) is 0.915. The van der Waals surface area contributed by atoms with Crippen LogP contribution in [-0.2, 0) is 11.2 Å². The van der Waals surface area contributed by atoms with Crippen molar-refractivity contribution < 1.29 is 14.3 Å². The Morgan fingerprint density at radius 2 is 2.27 bits per heavy atom. The van der Waals surface area contributed by atoms with Crippen LogP contribution in [0.25, 0.3) is 0 Å². The van der Waals surface area contributed by atoms with Gasteiger partial charge in [0.1, 0.15) is 5.82 Å². The molecule has 82 valence electrons. The van der Waals surface area contributed by atoms with Crippen LogP contribution in [0.15, 0.2) is 22.7 Å². The van der Waals surface area contributed by atoms with Crippen LogP contribution in [0.4, 0.5) is 4.39 Å². The van der Waals surface area contributed by atoms with Gasteiger partial charge in [-0.05, 0) is 30.0 Å². The van der Waals surface area contributed by atoms with Crippen molar-refractivity contribution >= 4 is 21.9 Å². The molecular weight excluding hydrogens is 263 g/mol. The van der Waals surface area contributed by atoms with E-state index in [0.717, 1.165) is 5.56 Å². The SMILES string of the molecule is CC(CC(=O)O)Cc1ccc(F)cc1Br. The zero-order chi connectivity index (χ0) is 11.4. The van der Waals surface area contributed by atoms with Crippen LogP contribution in [0, 0.1) is 11.7 Å². The summed E-state index contributed by atoms with van der Waals surface area (Å²) in [7, 11) is 0. The molecule has 0 spiro atoms. The van der Waals surface area contributed by atoms with Crippen molar-refractivity contribution in [2.75, 3.05) is 0 Å². The number of halogens is 2. The molecule has 4 heteroatoms. The normalized spacial score (nSPS) is 12.5. The molecule has 15 heavy (non-hydrogen) atoms. The number of aliphatic carboxylic acids is 1. The zero-order valence-electron chi connectivity index (χ0n) is 8.34. The monoisotopic (exact) mass is 274 g/mol. The first-order valence-electron chi connectivity index (χ1n) is 4.64. The summed E-state index contributed by atoms with van der Waals surface area (Å²) in [5, 5.41) is 8.60. The third kappa shape index (κ3) is 4.00. The molecule has 0 heterocycles. The van der Waals surface area contributed by atoms with Gasteiger partial charge in [0.25, 0.3) is 0 Å². The van der Waals surface area contributed by atoms with Crippen LogP contribution < -0.4 is 0 Å². The standard InChI is InChI=1S/C11H12BrFO2/c1-7(5-11(14)15)4-8-2-3-9(13)6-10(8)12/h2-3,6-7H,4-5H2,1H3,(H,14,15). The number of carbonyl (C=O) groups is 1. The summed E-state index contributed by atoms with van der Waals surface area (Å²) < 4.78 is 13.5. The molecule has 0 amide bonds. The summed E-state index contributed by atoms with van der Waals surface area (Å²) >= 11 is 3.25. The van der Waals surface area contributed by atoms with Gasteiger partial charge in [-0.1, -0.05) is 28.9 Å². The van der Waals surface area contributed by atoms with Gasteiger partial charge < -0.3 is 5.11 Å². The topological polar surface area (TPSA) is 37.3 Å². The molecule has 0 aliphatic heterocycles. The highest BCUT2D eigenvalue weighted by molar-refractivity contribution is 9.10. The molecule has 1 aromatic rings. The maximum absolute atomic E-state index is 12.8. The number of carboxylic acids is 1. The number of hydrogen-bond acceptors (Lipinski definition) is 1. The highest BCUT2D eigenvalue weighted by Gasteiger charge is 2.10. The molecule has 0 bridgehead atoms. The van der Waals surface area contributed by atoms with E-state index >= 15 is 0 Å². The first-order chi connectivity index (χ1) is 6.99. The van der Waals surface area contributed by atoms with Crippen LogP contribution >= 0.6 is 15.9 Å². The maximum atomic E-state index is 12.8. The van der Waals surface area contributed by atoms with Crippen molar-refractivity contribution in [3.63, 3.8) is 0 Å². The van der Waals surface area contributed by atoms with E-state index in [0.29, 0.717) is 10.9 Å². The predicted octanol–water partition coefficient (Wildman–Crippen LogP) is 3.24. The molecule has 1 atom stereocenters. The molecular formula is C11H12BrFO2. The van der Waals surface area contributed by atoms with Crippen LogP contribution in [0.2, 0.25) is 0 Å². The summed E-state index contributed by atoms with van der Waals surface area (Å²) in [5.41, 5.74) is 0.935. The van der Waals surface area contributed by atoms with Crippen LogP contribution in [0.5, 0.6) is 0 Å². The van der Waals surface area contributed by atoms with Gasteiger partial charge in [0.15, 0.2) is 0 Å². The van der Waals surface area contributed by atoms with E-state index in [2.05, 4.69) is 15.9 Å². The molecule has 1 aromatic carbocycles. The van der Waals surface area contributed by atoms with E-state index in [-0.39, 0.29) is 18.2 Å². The number of hydrogen-bond donors (Lipinski definition) is 1. The molecule has 0 aromatic heterocycles. The van der Waals surface area contributed by atoms with Gasteiger partial charge in [-0.3, -0.25) is 4.79 Å². The van der Waals surface area contributed by atoms with Crippen LogP contribution in [-0.4, -0.2) is 11.1 Å². The Labute approximate surface area is 96.2 Å². The second-order valence-electron chi connectivity index (χ2n) is 3.64. The van der Waals surface area contributed by atoms with E-state index in [1.807, 2.05) is 6.92 Å². The fourth-order valence-corrected chi connectivity index (χ4v) is 1.95. The number of benzene rings is 1. The molecule has 2 nitrogen and oxygen atoms in total. The Bertz CT molecular complexity index is 366. The highest BCUT2D eigenvalue weighted by Crippen LogP contribution is 2.22. The first-order valence-corrected chi connectivity index (χ1v) is 5.44. The maximum Gasteiger partial charge on any atom is 0.303 e. The average molecular weight is 275 g/mol. The molecule has 0 radical (unpaired) electrons. The Balaban J connectivity index is 2.68. The van der Waals surface area contributed by atoms with Crippen molar-refractivity contribution in [3.8, 4) is 0 Å². The first kappa shape index (κ1) is 12.2. The molecule has 1 rings (SSSR count). The van der Waals surface area contributed by atoms with Gasteiger partial charge in [-0.2, -0.15) is 0 Å². The smallest absolute Gasteiger partial charge is 0.303 e. The van der Waals surface area contributed by atoms with E-state index in [4.69, 9.17) is 5.11 Å². The van der Waals surface area contributed by atoms with Gasteiger partial charge in [-0.15, -0.1) is 0 Å². The van der Waals surface area contributed by atoms with E-state index in [1.165, 1.54) is 12.1 Å². The van der Waals surface area contributed by atoms with Gasteiger partial charge in [0, 0.05) is 10.9 Å². The van der Waals surface area contributed by atoms with Crippen molar-refractivity contribution in [3.05, 3.63) is 34.1 Å². The Morgan fingerprint density at radius 1 is 1.60 bits per heavy atom. The lowest BCUT2D eigenvalue weighted by Gasteiger charge is -2.10. The van der Waals surface area contributed by atoms with Crippen molar-refractivity contribution in [1.82, 2.24) is 0 Å². The Morgan fingerprint density at radius 3 is 2.80 bits per heavy atom. The highest BCUT2D eigenvalue weighted by atomic mass is 79.9. The van der Waals surface area contributed by atoms with Crippen molar-refractivity contribution in [1.29, 1.82) is 0 Å². The lowest BCUT2D eigenvalue weighted by Crippen LogP contribution is -2.07. The fraction of sp³-hybridized carbons (Fsp3) is 0.364. The van der Waals surface area contributed by atoms with E-state index in [1.54, 1.807) is 6.07 Å².